The number of unbranched alkanes of at least 4 members (excludes halogenated alkanes) is 1. The van der Waals surface area contributed by atoms with Crippen LogP contribution >= 0.6 is 22.9 Å². The van der Waals surface area contributed by atoms with Gasteiger partial charge in [0.25, 0.3) is 0 Å². The Labute approximate surface area is 87.3 Å². The lowest BCUT2D eigenvalue weighted by molar-refractivity contribution is 0.626. The molecule has 0 radical (unpaired) electrons. The normalized spacial score (nSPS) is 10.6. The first-order chi connectivity index (χ1) is 6.33. The van der Waals surface area contributed by atoms with Crippen molar-refractivity contribution in [2.24, 2.45) is 5.73 Å². The summed E-state index contributed by atoms with van der Waals surface area (Å²) in [5.74, 6) is 0. The van der Waals surface area contributed by atoms with Crippen LogP contribution in [0, 0.1) is 0 Å². The topological polar surface area (TPSA) is 50.9 Å². The summed E-state index contributed by atoms with van der Waals surface area (Å²) in [6.45, 7) is 2.57. The fourth-order valence-corrected chi connectivity index (χ4v) is 1.89. The average Bonchev–Trinajstić information content (AvgIpc) is 2.51. The Balaban J connectivity index is 2.06. The number of nitrogens with one attached hydrogen (secondary N) is 1. The molecule has 0 saturated carbocycles. The molecule has 1 aromatic rings. The van der Waals surface area contributed by atoms with Gasteiger partial charge in [0.15, 0.2) is 0 Å². The van der Waals surface area contributed by atoms with Crippen LogP contribution < -0.4 is 11.1 Å². The zero-order valence-corrected chi connectivity index (χ0v) is 9.00. The van der Waals surface area contributed by atoms with Gasteiger partial charge in [-0.3, -0.25) is 0 Å². The van der Waals surface area contributed by atoms with E-state index in [4.69, 9.17) is 17.3 Å². The molecule has 0 atom stereocenters. The Morgan fingerprint density at radius 3 is 3.00 bits per heavy atom. The summed E-state index contributed by atoms with van der Waals surface area (Å²) >= 11 is 7.25. The standard InChI is InChI=1S/C8H14ClN3S/c9-7-5-12-8(13-7)6-11-4-2-1-3-10/h5,11H,1-4,6,10H2. The van der Waals surface area contributed by atoms with Crippen LogP contribution in [0.5, 0.6) is 0 Å². The number of nitrogens with zero attached hydrogens (tertiary/aromatic N) is 1. The highest BCUT2D eigenvalue weighted by molar-refractivity contribution is 7.15. The van der Waals surface area contributed by atoms with Crippen molar-refractivity contribution in [2.75, 3.05) is 13.1 Å². The Morgan fingerprint density at radius 2 is 2.38 bits per heavy atom. The molecule has 0 aromatic carbocycles. The smallest absolute Gasteiger partial charge is 0.113 e. The first-order valence-electron chi connectivity index (χ1n) is 4.34. The molecule has 13 heavy (non-hydrogen) atoms. The zero-order chi connectivity index (χ0) is 9.52. The molecule has 3 N–H and O–H groups in total. The molecule has 0 aliphatic carbocycles. The summed E-state index contributed by atoms with van der Waals surface area (Å²) in [6, 6.07) is 0. The molecule has 0 unspecified atom stereocenters. The van der Waals surface area contributed by atoms with Gasteiger partial charge in [-0.1, -0.05) is 11.6 Å². The van der Waals surface area contributed by atoms with Crippen molar-refractivity contribution < 1.29 is 0 Å². The van der Waals surface area contributed by atoms with E-state index in [9.17, 15) is 0 Å². The number of rotatable bonds is 6. The van der Waals surface area contributed by atoms with Crippen molar-refractivity contribution in [2.45, 2.75) is 19.4 Å². The summed E-state index contributed by atoms with van der Waals surface area (Å²) in [4.78, 5) is 4.13. The van der Waals surface area contributed by atoms with E-state index in [1.54, 1.807) is 6.20 Å². The number of aromatic nitrogens is 1. The minimum Gasteiger partial charge on any atom is -0.330 e. The van der Waals surface area contributed by atoms with Gasteiger partial charge in [-0.05, 0) is 25.9 Å². The van der Waals surface area contributed by atoms with Crippen LogP contribution in [-0.2, 0) is 6.54 Å². The van der Waals surface area contributed by atoms with Gasteiger partial charge in [0.2, 0.25) is 0 Å². The fourth-order valence-electron chi connectivity index (χ4n) is 0.959. The van der Waals surface area contributed by atoms with E-state index < -0.39 is 0 Å². The molecule has 1 heterocycles. The second-order valence-corrected chi connectivity index (χ2v) is 4.48. The highest BCUT2D eigenvalue weighted by Crippen LogP contribution is 2.17. The van der Waals surface area contributed by atoms with Crippen molar-refractivity contribution in [3.63, 3.8) is 0 Å². The minimum atomic E-state index is 0.749. The lowest BCUT2D eigenvalue weighted by atomic mass is 10.3. The molecule has 1 rings (SSSR count). The number of hydrogen-bond acceptors (Lipinski definition) is 4. The van der Waals surface area contributed by atoms with Crippen molar-refractivity contribution in [1.82, 2.24) is 10.3 Å². The fraction of sp³-hybridized carbons (Fsp3) is 0.625. The van der Waals surface area contributed by atoms with Crippen LogP contribution in [0.2, 0.25) is 4.34 Å². The van der Waals surface area contributed by atoms with E-state index in [2.05, 4.69) is 10.3 Å². The Kier molecular flexibility index (Phi) is 5.31. The maximum absolute atomic E-state index is 5.73. The van der Waals surface area contributed by atoms with Crippen molar-refractivity contribution >= 4 is 22.9 Å². The van der Waals surface area contributed by atoms with Crippen LogP contribution in [0.4, 0.5) is 0 Å². The predicted molar refractivity (Wildman–Crippen MR) is 57.1 cm³/mol. The summed E-state index contributed by atoms with van der Waals surface area (Å²) in [7, 11) is 0. The Morgan fingerprint density at radius 1 is 1.54 bits per heavy atom. The van der Waals surface area contributed by atoms with Gasteiger partial charge in [0, 0.05) is 6.54 Å². The molecular formula is C8H14ClN3S. The summed E-state index contributed by atoms with van der Waals surface area (Å²) in [5, 5.41) is 4.32. The monoisotopic (exact) mass is 219 g/mol. The van der Waals surface area contributed by atoms with E-state index in [-0.39, 0.29) is 0 Å². The molecule has 0 bridgehead atoms. The van der Waals surface area contributed by atoms with Crippen LogP contribution in [0.1, 0.15) is 17.8 Å². The van der Waals surface area contributed by atoms with Gasteiger partial charge in [0.05, 0.1) is 6.20 Å². The quantitative estimate of drug-likeness (QED) is 0.715. The Bertz CT molecular complexity index is 239. The van der Waals surface area contributed by atoms with Crippen LogP contribution in [0.3, 0.4) is 0 Å². The molecule has 1 aromatic heterocycles. The second-order valence-electron chi connectivity index (χ2n) is 2.73. The lowest BCUT2D eigenvalue weighted by Crippen LogP contribution is -2.15. The molecule has 0 aliphatic heterocycles. The first-order valence-corrected chi connectivity index (χ1v) is 5.53. The zero-order valence-electron chi connectivity index (χ0n) is 7.42. The number of halogens is 1. The van der Waals surface area contributed by atoms with E-state index in [0.717, 1.165) is 41.8 Å². The van der Waals surface area contributed by atoms with Gasteiger partial charge >= 0.3 is 0 Å². The molecule has 0 amide bonds. The number of nitrogens with two attached hydrogens (primary N) is 1. The van der Waals surface area contributed by atoms with Crippen molar-refractivity contribution in [1.29, 1.82) is 0 Å². The van der Waals surface area contributed by atoms with Crippen LogP contribution in [0.25, 0.3) is 0 Å². The van der Waals surface area contributed by atoms with Gasteiger partial charge < -0.3 is 11.1 Å². The number of hydrogen-bond donors (Lipinski definition) is 2. The lowest BCUT2D eigenvalue weighted by Gasteiger charge is -2.00. The minimum absolute atomic E-state index is 0.749. The van der Waals surface area contributed by atoms with Crippen molar-refractivity contribution in [3.8, 4) is 0 Å². The maximum Gasteiger partial charge on any atom is 0.113 e. The van der Waals surface area contributed by atoms with E-state index in [1.165, 1.54) is 11.3 Å². The van der Waals surface area contributed by atoms with Gasteiger partial charge in [-0.25, -0.2) is 4.98 Å². The SMILES string of the molecule is NCCCCNCc1ncc(Cl)s1. The molecule has 5 heteroatoms. The molecule has 0 saturated heterocycles. The van der Waals surface area contributed by atoms with E-state index >= 15 is 0 Å². The summed E-state index contributed by atoms with van der Waals surface area (Å²) < 4.78 is 0.749. The molecular weight excluding hydrogens is 206 g/mol. The van der Waals surface area contributed by atoms with Crippen molar-refractivity contribution in [3.05, 3.63) is 15.5 Å². The molecule has 0 aliphatic rings. The highest BCUT2D eigenvalue weighted by Gasteiger charge is 1.97. The average molecular weight is 220 g/mol. The summed E-state index contributed by atoms with van der Waals surface area (Å²) in [6.07, 6.45) is 3.88. The molecule has 74 valence electrons. The van der Waals surface area contributed by atoms with Crippen LogP contribution in [0.15, 0.2) is 6.20 Å². The second kappa shape index (κ2) is 6.32. The largest absolute Gasteiger partial charge is 0.330 e. The van der Waals surface area contributed by atoms with Crippen LogP contribution in [-0.4, -0.2) is 18.1 Å². The molecule has 0 spiro atoms. The molecule has 0 fully saturated rings. The highest BCUT2D eigenvalue weighted by atomic mass is 35.5. The third-order valence-electron chi connectivity index (χ3n) is 1.61. The van der Waals surface area contributed by atoms with Gasteiger partial charge in [0.1, 0.15) is 9.34 Å². The summed E-state index contributed by atoms with van der Waals surface area (Å²) in [5.41, 5.74) is 5.37. The first kappa shape index (κ1) is 10.9. The third kappa shape index (κ3) is 4.57. The number of thiazole rings is 1. The maximum atomic E-state index is 5.73. The Hall–Kier alpha value is -0.160. The van der Waals surface area contributed by atoms with Gasteiger partial charge in [-0.15, -0.1) is 11.3 Å². The van der Waals surface area contributed by atoms with E-state index in [0.29, 0.717) is 0 Å². The predicted octanol–water partition coefficient (Wildman–Crippen LogP) is 1.62. The third-order valence-corrected chi connectivity index (χ3v) is 2.72. The van der Waals surface area contributed by atoms with E-state index in [1.807, 2.05) is 0 Å². The van der Waals surface area contributed by atoms with Gasteiger partial charge in [-0.2, -0.15) is 0 Å². The molecule has 3 nitrogen and oxygen atoms in total.